The summed E-state index contributed by atoms with van der Waals surface area (Å²) in [4.78, 5) is 11.5. The molecule has 0 fully saturated rings. The summed E-state index contributed by atoms with van der Waals surface area (Å²) in [6.45, 7) is 41.4. The van der Waals surface area contributed by atoms with Crippen molar-refractivity contribution >= 4 is 77.6 Å². The van der Waals surface area contributed by atoms with Crippen LogP contribution in [0.4, 0.5) is 0 Å². The lowest BCUT2D eigenvalue weighted by atomic mass is 9.34. The van der Waals surface area contributed by atoms with Gasteiger partial charge < -0.3 is 9.13 Å². The van der Waals surface area contributed by atoms with Gasteiger partial charge in [-0.3, -0.25) is 0 Å². The maximum Gasteiger partial charge on any atom is 0.252 e. The highest BCUT2D eigenvalue weighted by molar-refractivity contribution is 7.00. The van der Waals surface area contributed by atoms with Crippen molar-refractivity contribution in [3.05, 3.63) is 246 Å². The molecule has 0 spiro atoms. The summed E-state index contributed by atoms with van der Waals surface area (Å²) in [5.74, 6) is 0.699. The lowest BCUT2D eigenvalue weighted by Gasteiger charge is -2.34. The smallest absolute Gasteiger partial charge is 0.252 e. The second-order valence-electron chi connectivity index (χ2n) is 34.4. The average Bonchev–Trinajstić information content (AvgIpc) is 1.56. The van der Waals surface area contributed by atoms with Gasteiger partial charge in [0, 0.05) is 60.5 Å². The molecule has 5 heteroatoms. The van der Waals surface area contributed by atoms with Gasteiger partial charge in [-0.2, -0.15) is 0 Å². The van der Waals surface area contributed by atoms with E-state index in [-0.39, 0.29) is 39.2 Å². The van der Waals surface area contributed by atoms with Crippen LogP contribution in [0.3, 0.4) is 0 Å². The number of aromatic nitrogens is 4. The summed E-state index contributed by atoms with van der Waals surface area (Å²) < 4.78 is 5.26. The lowest BCUT2D eigenvalue weighted by Crippen LogP contribution is -2.59. The number of hydrogen-bond donors (Lipinski definition) is 0. The van der Waals surface area contributed by atoms with Crippen LogP contribution in [-0.4, -0.2) is 25.8 Å². The van der Waals surface area contributed by atoms with Crippen molar-refractivity contribution in [1.29, 1.82) is 0 Å². The van der Waals surface area contributed by atoms with Crippen molar-refractivity contribution in [3.8, 4) is 78.5 Å². The first kappa shape index (κ1) is 62.2. The van der Waals surface area contributed by atoms with Crippen molar-refractivity contribution in [3.63, 3.8) is 0 Å². The van der Waals surface area contributed by atoms with Crippen molar-refractivity contribution in [2.45, 2.75) is 157 Å². The Morgan fingerprint density at radius 2 is 0.619 bits per heavy atom. The van der Waals surface area contributed by atoms with E-state index in [0.717, 1.165) is 39.1 Å². The third-order valence-electron chi connectivity index (χ3n) is 21.4. The Morgan fingerprint density at radius 3 is 1.00 bits per heavy atom. The van der Waals surface area contributed by atoms with Gasteiger partial charge in [-0.05, 0) is 193 Å². The van der Waals surface area contributed by atoms with Gasteiger partial charge in [0.25, 0.3) is 6.71 Å². The highest BCUT2D eigenvalue weighted by Gasteiger charge is 2.43. The number of hydrogen-bond acceptors (Lipinski definition) is 2. The van der Waals surface area contributed by atoms with Gasteiger partial charge in [0.05, 0.1) is 22.2 Å². The largest absolute Gasteiger partial charge is 0.310 e. The summed E-state index contributed by atoms with van der Waals surface area (Å²) in [6, 6.07) is 82.7. The monoisotopic (exact) mass is 1260 g/mol. The molecule has 0 unspecified atom stereocenters. The van der Waals surface area contributed by atoms with Gasteiger partial charge in [-0.25, -0.2) is 9.97 Å². The van der Waals surface area contributed by atoms with E-state index in [0.29, 0.717) is 5.82 Å². The fraction of sp³-hybridized carbons (Fsp3) is 0.261. The zero-order valence-electron chi connectivity index (χ0n) is 60.1. The molecule has 0 amide bonds. The lowest BCUT2D eigenvalue weighted by molar-refractivity contribution is 0.569. The fourth-order valence-electron chi connectivity index (χ4n) is 15.6. The Hall–Kier alpha value is -9.58. The molecule has 11 aromatic carbocycles. The minimum absolute atomic E-state index is 0.0105. The van der Waals surface area contributed by atoms with Gasteiger partial charge in [0.15, 0.2) is 5.82 Å². The Kier molecular flexibility index (Phi) is 13.8. The summed E-state index contributed by atoms with van der Waals surface area (Å²) in [6.07, 6.45) is 0. The number of fused-ring (bicyclic) bond motifs is 11. The van der Waals surface area contributed by atoms with Crippen LogP contribution >= 0.6 is 0 Å². The SMILES string of the molecule is CC(C)(C)c1ccc(-c2ccc3c(c2)c2cc(-c4ccc(C(C)(C)C)cc4)cc4c2n3-c2cc(-c3nc(-c5cc(C(C)(C)C)cc(C(C)(C)C)c5)c5ccccc5n3)cc3c2B4c2cc(-c4ccc(C(C)(C)C)cc4)cc4c5cc(-c6ccc(C(C)(C)C)cc6)ccc5n-3c24)cc1. The summed E-state index contributed by atoms with van der Waals surface area (Å²) in [5, 5.41) is 5.97. The Balaban J connectivity index is 1.04. The standard InChI is InChI=1S/C92H89BN4/c1-87(2,3)64-33-23-54(24-34-64)58-31-41-78-71(45-58)73-47-60(56-27-37-66(38-28-56)89(7,8)9)49-75-84(73)96(78)80-51-63(86-94-77-22-20-19-21-70(77)83(95-86)62-43-68(91(13,14)15)53-69(44-62)92(16,17)18)52-81-82(80)93(75)76-50-61(57-29-39-67(40-30-57)90(10,11)12)48-74-72-46-59(32-42-79(72)97(81)85(74)76)55-25-35-65(36-26-55)88(4,5)6/h19-53H,1-18H3. The van der Waals surface area contributed by atoms with Crippen LogP contribution in [0, 0.1) is 0 Å². The maximum absolute atomic E-state index is 5.87. The maximum atomic E-state index is 5.87. The minimum Gasteiger partial charge on any atom is -0.310 e. The highest BCUT2D eigenvalue weighted by atomic mass is 15.0. The van der Waals surface area contributed by atoms with E-state index in [4.69, 9.17) is 9.97 Å². The zero-order chi connectivity index (χ0) is 67.9. The number of para-hydroxylation sites is 1. The van der Waals surface area contributed by atoms with Crippen LogP contribution in [0.5, 0.6) is 0 Å². The molecule has 0 bridgehead atoms. The van der Waals surface area contributed by atoms with Crippen LogP contribution in [0.25, 0.3) is 133 Å². The van der Waals surface area contributed by atoms with Gasteiger partial charge in [0.1, 0.15) is 0 Å². The zero-order valence-corrected chi connectivity index (χ0v) is 60.1. The average molecular weight is 1260 g/mol. The second-order valence-corrected chi connectivity index (χ2v) is 34.4. The Morgan fingerprint density at radius 1 is 0.268 bits per heavy atom. The molecule has 4 nitrogen and oxygen atoms in total. The molecule has 97 heavy (non-hydrogen) atoms. The Bertz CT molecular complexity index is 5280. The van der Waals surface area contributed by atoms with Crippen LogP contribution in [0.1, 0.15) is 158 Å². The second kappa shape index (κ2) is 21.5. The molecule has 0 radical (unpaired) electrons. The summed E-state index contributed by atoms with van der Waals surface area (Å²) in [5.41, 5.74) is 32.4. The predicted molar refractivity (Wildman–Crippen MR) is 418 cm³/mol. The molecule has 16 rings (SSSR count). The third-order valence-corrected chi connectivity index (χ3v) is 21.4. The molecule has 480 valence electrons. The van der Waals surface area contributed by atoms with Crippen LogP contribution in [0.15, 0.2) is 212 Å². The molecule has 0 N–H and O–H groups in total. The van der Waals surface area contributed by atoms with Crippen molar-refractivity contribution in [1.82, 2.24) is 19.1 Å². The van der Waals surface area contributed by atoms with Crippen molar-refractivity contribution in [2.24, 2.45) is 0 Å². The van der Waals surface area contributed by atoms with Gasteiger partial charge in [0.2, 0.25) is 0 Å². The van der Waals surface area contributed by atoms with Crippen LogP contribution in [-0.2, 0) is 32.5 Å². The van der Waals surface area contributed by atoms with E-state index >= 15 is 0 Å². The van der Waals surface area contributed by atoms with E-state index in [9.17, 15) is 0 Å². The van der Waals surface area contributed by atoms with E-state index in [1.54, 1.807) is 0 Å². The van der Waals surface area contributed by atoms with Crippen molar-refractivity contribution in [2.75, 3.05) is 0 Å². The number of nitrogens with zero attached hydrogens (tertiary/aromatic N) is 4. The fourth-order valence-corrected chi connectivity index (χ4v) is 15.6. The molecule has 14 aromatic rings. The summed E-state index contributed by atoms with van der Waals surface area (Å²) >= 11 is 0. The minimum atomic E-state index is -0.168. The molecule has 3 aromatic heterocycles. The van der Waals surface area contributed by atoms with Gasteiger partial charge in [-0.1, -0.05) is 270 Å². The normalized spacial score (nSPS) is 13.4. The summed E-state index contributed by atoms with van der Waals surface area (Å²) in [7, 11) is 0. The molecular formula is C92H89BN4. The molecule has 2 aliphatic heterocycles. The molecule has 0 aliphatic carbocycles. The molecule has 0 atom stereocenters. The van der Waals surface area contributed by atoms with Crippen molar-refractivity contribution < 1.29 is 0 Å². The highest BCUT2D eigenvalue weighted by Crippen LogP contribution is 2.46. The molecule has 0 saturated heterocycles. The number of rotatable bonds is 6. The van der Waals surface area contributed by atoms with Crippen LogP contribution in [0.2, 0.25) is 0 Å². The topological polar surface area (TPSA) is 35.6 Å². The molecule has 0 saturated carbocycles. The third kappa shape index (κ3) is 10.4. The molecule has 5 heterocycles. The van der Waals surface area contributed by atoms with Gasteiger partial charge in [-0.15, -0.1) is 0 Å². The van der Waals surface area contributed by atoms with Crippen LogP contribution < -0.4 is 16.4 Å². The Labute approximate surface area is 574 Å². The first-order chi connectivity index (χ1) is 45.8. The first-order valence-corrected chi connectivity index (χ1v) is 35.1. The predicted octanol–water partition coefficient (Wildman–Crippen LogP) is 22.8. The molecule has 2 aliphatic rings. The van der Waals surface area contributed by atoms with E-state index in [2.05, 4.69) is 346 Å². The molecular weight excluding hydrogens is 1170 g/mol. The first-order valence-electron chi connectivity index (χ1n) is 35.1. The van der Waals surface area contributed by atoms with E-state index < -0.39 is 0 Å². The number of benzene rings is 11. The quantitative estimate of drug-likeness (QED) is 0.156. The van der Waals surface area contributed by atoms with E-state index in [1.165, 1.54) is 138 Å². The van der Waals surface area contributed by atoms with Gasteiger partial charge >= 0.3 is 0 Å². The van der Waals surface area contributed by atoms with E-state index in [1.807, 2.05) is 0 Å².